The predicted molar refractivity (Wildman–Crippen MR) is 139 cm³/mol. The lowest BCUT2D eigenvalue weighted by atomic mass is 10.2. The van der Waals surface area contributed by atoms with Crippen molar-refractivity contribution in [2.75, 3.05) is 20.8 Å². The van der Waals surface area contributed by atoms with E-state index in [0.29, 0.717) is 32.8 Å². The van der Waals surface area contributed by atoms with Crippen LogP contribution >= 0.6 is 22.6 Å². The van der Waals surface area contributed by atoms with Crippen LogP contribution in [-0.2, 0) is 10.1 Å². The summed E-state index contributed by atoms with van der Waals surface area (Å²) in [4.78, 5) is 12.5. The molecule has 35 heavy (non-hydrogen) atoms. The van der Waals surface area contributed by atoms with Gasteiger partial charge in [-0.3, -0.25) is 4.79 Å². The van der Waals surface area contributed by atoms with E-state index < -0.39 is 16.0 Å². The Labute approximate surface area is 217 Å². The molecule has 0 aromatic heterocycles. The maximum Gasteiger partial charge on any atom is 0.339 e. The zero-order valence-corrected chi connectivity index (χ0v) is 22.1. The number of ether oxygens (including phenoxy) is 3. The number of rotatable bonds is 10. The zero-order chi connectivity index (χ0) is 25.4. The van der Waals surface area contributed by atoms with Crippen molar-refractivity contribution in [1.82, 2.24) is 5.43 Å². The van der Waals surface area contributed by atoms with Crippen LogP contribution in [-0.4, -0.2) is 41.4 Å². The first-order chi connectivity index (χ1) is 16.8. The number of hydrogen-bond acceptors (Lipinski definition) is 8. The molecule has 0 atom stereocenters. The summed E-state index contributed by atoms with van der Waals surface area (Å²) in [6.45, 7) is 2.32. The van der Waals surface area contributed by atoms with Crippen molar-refractivity contribution in [3.05, 3.63) is 75.4 Å². The third-order valence-corrected chi connectivity index (χ3v) is 6.62. The minimum absolute atomic E-state index is 0.0251. The van der Waals surface area contributed by atoms with Gasteiger partial charge in [0.15, 0.2) is 23.0 Å². The molecule has 0 saturated carbocycles. The van der Waals surface area contributed by atoms with E-state index >= 15 is 0 Å². The highest BCUT2D eigenvalue weighted by Gasteiger charge is 2.21. The Morgan fingerprint density at radius 2 is 1.71 bits per heavy atom. The average molecular weight is 610 g/mol. The molecule has 184 valence electrons. The lowest BCUT2D eigenvalue weighted by Gasteiger charge is -2.13. The van der Waals surface area contributed by atoms with Gasteiger partial charge in [0.25, 0.3) is 5.91 Å². The minimum Gasteiger partial charge on any atom is -0.493 e. The van der Waals surface area contributed by atoms with Crippen LogP contribution in [0.3, 0.4) is 0 Å². The fourth-order valence-electron chi connectivity index (χ4n) is 2.95. The Bertz CT molecular complexity index is 1330. The molecular weight excluding hydrogens is 587 g/mol. The number of benzene rings is 3. The number of nitrogens with one attached hydrogen (secondary N) is 1. The summed E-state index contributed by atoms with van der Waals surface area (Å²) >= 11 is 1.94. The van der Waals surface area contributed by atoms with Gasteiger partial charge in [0, 0.05) is 5.56 Å². The van der Waals surface area contributed by atoms with Crippen LogP contribution in [0.1, 0.15) is 22.8 Å². The molecule has 0 radical (unpaired) electrons. The molecule has 0 unspecified atom stereocenters. The summed E-state index contributed by atoms with van der Waals surface area (Å²) in [5, 5.41) is 3.99. The summed E-state index contributed by atoms with van der Waals surface area (Å²) in [6.07, 6.45) is 1.41. The van der Waals surface area contributed by atoms with Crippen molar-refractivity contribution < 1.29 is 31.6 Å². The van der Waals surface area contributed by atoms with Crippen LogP contribution < -0.4 is 23.8 Å². The molecule has 9 nitrogen and oxygen atoms in total. The fourth-order valence-corrected chi connectivity index (χ4v) is 4.82. The summed E-state index contributed by atoms with van der Waals surface area (Å²) in [5.74, 6) is 0.773. The zero-order valence-electron chi connectivity index (χ0n) is 19.1. The lowest BCUT2D eigenvalue weighted by Crippen LogP contribution is -2.17. The molecule has 0 bridgehead atoms. The SMILES string of the molecule is CCOc1ccc(C(=O)N/N=C/c2cc(I)c(OS(=O)(=O)c3ccccc3)c(OC)c2)cc1OC. The highest BCUT2D eigenvalue weighted by molar-refractivity contribution is 14.1. The van der Waals surface area contributed by atoms with Crippen molar-refractivity contribution in [2.45, 2.75) is 11.8 Å². The Morgan fingerprint density at radius 3 is 2.37 bits per heavy atom. The molecule has 0 spiro atoms. The maximum atomic E-state index is 12.6. The van der Waals surface area contributed by atoms with Crippen molar-refractivity contribution in [3.63, 3.8) is 0 Å². The van der Waals surface area contributed by atoms with Gasteiger partial charge < -0.3 is 18.4 Å². The molecular formula is C24H23IN2O7S. The summed E-state index contributed by atoms with van der Waals surface area (Å²) in [5.41, 5.74) is 3.34. The van der Waals surface area contributed by atoms with E-state index in [1.54, 1.807) is 48.5 Å². The molecule has 3 rings (SSSR count). The summed E-state index contributed by atoms with van der Waals surface area (Å²) in [6, 6.07) is 15.8. The molecule has 3 aromatic carbocycles. The van der Waals surface area contributed by atoms with Gasteiger partial charge in [-0.1, -0.05) is 18.2 Å². The van der Waals surface area contributed by atoms with Crippen LogP contribution in [0.4, 0.5) is 0 Å². The standard InChI is InChI=1S/C24H23IN2O7S/c1-4-33-20-11-10-17(14-21(20)31-2)24(28)27-26-15-16-12-19(25)23(22(13-16)32-3)34-35(29,30)18-8-6-5-7-9-18/h5-15H,4H2,1-3H3,(H,27,28)/b26-15+. The number of carbonyl (C=O) groups excluding carboxylic acids is 1. The summed E-state index contributed by atoms with van der Waals surface area (Å²) < 4.78 is 47.1. The van der Waals surface area contributed by atoms with Gasteiger partial charge in [-0.2, -0.15) is 13.5 Å². The van der Waals surface area contributed by atoms with Crippen LogP contribution in [0.15, 0.2) is 70.7 Å². The number of halogens is 1. The number of carbonyl (C=O) groups is 1. The highest BCUT2D eigenvalue weighted by atomic mass is 127. The van der Waals surface area contributed by atoms with Crippen LogP contribution in [0.5, 0.6) is 23.0 Å². The molecule has 0 heterocycles. The maximum absolute atomic E-state index is 12.6. The predicted octanol–water partition coefficient (Wildman–Crippen LogP) is 4.24. The molecule has 0 saturated heterocycles. The number of amides is 1. The van der Waals surface area contributed by atoms with E-state index in [-0.39, 0.29) is 16.4 Å². The van der Waals surface area contributed by atoms with E-state index in [2.05, 4.69) is 10.5 Å². The normalized spacial score (nSPS) is 11.2. The molecule has 1 amide bonds. The van der Waals surface area contributed by atoms with E-state index in [4.69, 9.17) is 18.4 Å². The van der Waals surface area contributed by atoms with E-state index in [0.717, 1.165) is 0 Å². The number of hydrazone groups is 1. The Morgan fingerprint density at radius 1 is 1.00 bits per heavy atom. The number of methoxy groups -OCH3 is 2. The second kappa shape index (κ2) is 11.9. The fraction of sp³-hybridized carbons (Fsp3) is 0.167. The van der Waals surface area contributed by atoms with Crippen LogP contribution in [0, 0.1) is 3.57 Å². The van der Waals surface area contributed by atoms with Gasteiger partial charge >= 0.3 is 10.1 Å². The van der Waals surface area contributed by atoms with Gasteiger partial charge in [-0.25, -0.2) is 5.43 Å². The van der Waals surface area contributed by atoms with Gasteiger partial charge in [-0.15, -0.1) is 0 Å². The quantitative estimate of drug-likeness (QED) is 0.158. The molecule has 1 N–H and O–H groups in total. The lowest BCUT2D eigenvalue weighted by molar-refractivity contribution is 0.0954. The van der Waals surface area contributed by atoms with Gasteiger partial charge in [-0.05, 0) is 77.5 Å². The molecule has 3 aromatic rings. The monoisotopic (exact) mass is 610 g/mol. The first-order valence-corrected chi connectivity index (χ1v) is 12.8. The van der Waals surface area contributed by atoms with Crippen molar-refractivity contribution in [2.24, 2.45) is 5.10 Å². The van der Waals surface area contributed by atoms with E-state index in [1.807, 2.05) is 29.5 Å². The molecule has 0 aliphatic carbocycles. The first-order valence-electron chi connectivity index (χ1n) is 10.3. The van der Waals surface area contributed by atoms with Crippen molar-refractivity contribution in [1.29, 1.82) is 0 Å². The third-order valence-electron chi connectivity index (χ3n) is 4.58. The Kier molecular flexibility index (Phi) is 8.93. The highest BCUT2D eigenvalue weighted by Crippen LogP contribution is 2.35. The number of hydrogen-bond donors (Lipinski definition) is 1. The van der Waals surface area contributed by atoms with Gasteiger partial charge in [0.2, 0.25) is 0 Å². The van der Waals surface area contributed by atoms with Gasteiger partial charge in [0.1, 0.15) is 4.90 Å². The van der Waals surface area contributed by atoms with Gasteiger partial charge in [0.05, 0.1) is 30.6 Å². The average Bonchev–Trinajstić information content (AvgIpc) is 2.86. The second-order valence-corrected chi connectivity index (χ2v) is 9.59. The molecule has 0 fully saturated rings. The Balaban J connectivity index is 1.76. The van der Waals surface area contributed by atoms with Crippen LogP contribution in [0.25, 0.3) is 0 Å². The Hall–Kier alpha value is -3.32. The van der Waals surface area contributed by atoms with Crippen molar-refractivity contribution in [3.8, 4) is 23.0 Å². The first kappa shape index (κ1) is 26.3. The second-order valence-electron chi connectivity index (χ2n) is 6.88. The smallest absolute Gasteiger partial charge is 0.339 e. The number of nitrogens with zero attached hydrogens (tertiary/aromatic N) is 1. The molecule has 0 aliphatic rings. The minimum atomic E-state index is -4.05. The topological polar surface area (TPSA) is 113 Å². The largest absolute Gasteiger partial charge is 0.493 e. The van der Waals surface area contributed by atoms with Crippen molar-refractivity contribution >= 4 is 44.8 Å². The molecule has 0 aliphatic heterocycles. The summed E-state index contributed by atoms with van der Waals surface area (Å²) in [7, 11) is -1.16. The van der Waals surface area contributed by atoms with E-state index in [1.165, 1.54) is 32.6 Å². The van der Waals surface area contributed by atoms with Crippen LogP contribution in [0.2, 0.25) is 0 Å². The third kappa shape index (κ3) is 6.63. The molecule has 11 heteroatoms. The van der Waals surface area contributed by atoms with E-state index in [9.17, 15) is 13.2 Å².